The van der Waals surface area contributed by atoms with E-state index in [4.69, 9.17) is 4.42 Å². The number of hydrogen-bond acceptors (Lipinski definition) is 4. The summed E-state index contributed by atoms with van der Waals surface area (Å²) in [6.45, 7) is 2.44. The van der Waals surface area contributed by atoms with Crippen molar-refractivity contribution in [2.45, 2.75) is 13.5 Å². The summed E-state index contributed by atoms with van der Waals surface area (Å²) in [5.41, 5.74) is 1.39. The summed E-state index contributed by atoms with van der Waals surface area (Å²) in [4.78, 5) is 17.1. The minimum absolute atomic E-state index is 0.339. The quantitative estimate of drug-likeness (QED) is 0.727. The molecule has 6 heteroatoms. The molecule has 0 amide bonds. The standard InChI is InChI=1S/C12H9BrN2O2S/c1-7-14-5-9(18-7)6-15-10-3-2-8(13)4-11(10)17-12(15)16/h2-5H,6H2,1H3. The second-order valence-corrected chi connectivity index (χ2v) is 6.15. The van der Waals surface area contributed by atoms with E-state index in [1.54, 1.807) is 28.2 Å². The molecular weight excluding hydrogens is 316 g/mol. The zero-order valence-electron chi connectivity index (χ0n) is 9.51. The lowest BCUT2D eigenvalue weighted by Crippen LogP contribution is -2.14. The smallest absolute Gasteiger partial charge is 0.408 e. The average molecular weight is 325 g/mol. The molecule has 0 saturated carbocycles. The van der Waals surface area contributed by atoms with Crippen LogP contribution in [0.1, 0.15) is 9.88 Å². The van der Waals surface area contributed by atoms with E-state index < -0.39 is 0 Å². The number of nitrogens with zero attached hydrogens (tertiary/aromatic N) is 2. The molecule has 1 aromatic carbocycles. The van der Waals surface area contributed by atoms with Gasteiger partial charge in [0, 0.05) is 15.5 Å². The van der Waals surface area contributed by atoms with Gasteiger partial charge < -0.3 is 4.42 Å². The first-order valence-corrected chi connectivity index (χ1v) is 6.94. The molecule has 0 bridgehead atoms. The monoisotopic (exact) mass is 324 g/mol. The number of aromatic nitrogens is 2. The van der Waals surface area contributed by atoms with Crippen molar-refractivity contribution in [1.29, 1.82) is 0 Å². The minimum atomic E-state index is -0.339. The van der Waals surface area contributed by atoms with Gasteiger partial charge in [-0.3, -0.25) is 4.57 Å². The second-order valence-electron chi connectivity index (χ2n) is 3.91. The molecule has 18 heavy (non-hydrogen) atoms. The van der Waals surface area contributed by atoms with Crippen molar-refractivity contribution in [2.24, 2.45) is 0 Å². The first kappa shape index (κ1) is 11.7. The van der Waals surface area contributed by atoms with Gasteiger partial charge in [-0.15, -0.1) is 11.3 Å². The van der Waals surface area contributed by atoms with Gasteiger partial charge in [0.25, 0.3) is 0 Å². The van der Waals surface area contributed by atoms with E-state index in [0.29, 0.717) is 12.1 Å². The van der Waals surface area contributed by atoms with Crippen LogP contribution < -0.4 is 5.76 Å². The van der Waals surface area contributed by atoms with E-state index in [9.17, 15) is 4.79 Å². The van der Waals surface area contributed by atoms with E-state index in [-0.39, 0.29) is 5.76 Å². The summed E-state index contributed by atoms with van der Waals surface area (Å²) in [5, 5.41) is 0.994. The van der Waals surface area contributed by atoms with Crippen LogP contribution in [0, 0.1) is 6.92 Å². The van der Waals surface area contributed by atoms with Gasteiger partial charge in [0.2, 0.25) is 0 Å². The maximum Gasteiger partial charge on any atom is 0.420 e. The fourth-order valence-corrected chi connectivity index (χ4v) is 2.95. The summed E-state index contributed by atoms with van der Waals surface area (Å²) in [7, 11) is 0. The third-order valence-electron chi connectivity index (χ3n) is 2.61. The molecule has 0 fully saturated rings. The van der Waals surface area contributed by atoms with Crippen molar-refractivity contribution >= 4 is 38.4 Å². The molecule has 0 unspecified atom stereocenters. The number of rotatable bonds is 2. The molecule has 92 valence electrons. The molecule has 4 nitrogen and oxygen atoms in total. The number of oxazole rings is 1. The molecule has 0 saturated heterocycles. The minimum Gasteiger partial charge on any atom is -0.408 e. The van der Waals surface area contributed by atoms with E-state index in [0.717, 1.165) is 19.9 Å². The number of thiazole rings is 1. The summed E-state index contributed by atoms with van der Waals surface area (Å²) in [5.74, 6) is -0.339. The lowest BCUT2D eigenvalue weighted by molar-refractivity contribution is 0.518. The molecule has 0 N–H and O–H groups in total. The fraction of sp³-hybridized carbons (Fsp3) is 0.167. The Hall–Kier alpha value is -1.40. The Morgan fingerprint density at radius 3 is 3.06 bits per heavy atom. The molecule has 3 aromatic rings. The predicted molar refractivity (Wildman–Crippen MR) is 74.1 cm³/mol. The van der Waals surface area contributed by atoms with Crippen LogP contribution in [0.2, 0.25) is 0 Å². The van der Waals surface area contributed by atoms with Gasteiger partial charge in [0.05, 0.1) is 17.1 Å². The van der Waals surface area contributed by atoms with Crippen LogP contribution in [-0.4, -0.2) is 9.55 Å². The molecule has 2 aromatic heterocycles. The van der Waals surface area contributed by atoms with Crippen LogP contribution in [0.4, 0.5) is 0 Å². The topological polar surface area (TPSA) is 48.0 Å². The Balaban J connectivity index is 2.11. The van der Waals surface area contributed by atoms with Crippen molar-refractivity contribution in [3.05, 3.63) is 49.3 Å². The Morgan fingerprint density at radius 2 is 2.33 bits per heavy atom. The van der Waals surface area contributed by atoms with Crippen molar-refractivity contribution in [3.8, 4) is 0 Å². The van der Waals surface area contributed by atoms with Crippen LogP contribution in [0.25, 0.3) is 11.1 Å². The summed E-state index contributed by atoms with van der Waals surface area (Å²) < 4.78 is 7.73. The maximum absolute atomic E-state index is 11.8. The Morgan fingerprint density at radius 1 is 1.50 bits per heavy atom. The molecule has 0 spiro atoms. The molecule has 0 aliphatic heterocycles. The number of halogens is 1. The average Bonchev–Trinajstić information content (AvgIpc) is 2.84. The molecular formula is C12H9BrN2O2S. The lowest BCUT2D eigenvalue weighted by Gasteiger charge is -1.98. The Kier molecular flexibility index (Phi) is 2.83. The first-order chi connectivity index (χ1) is 8.63. The summed E-state index contributed by atoms with van der Waals surface area (Å²) in [6, 6.07) is 5.56. The van der Waals surface area contributed by atoms with E-state index in [2.05, 4.69) is 20.9 Å². The summed E-state index contributed by atoms with van der Waals surface area (Å²) in [6.07, 6.45) is 1.80. The van der Waals surface area contributed by atoms with Gasteiger partial charge in [0.15, 0.2) is 5.58 Å². The van der Waals surface area contributed by atoms with Gasteiger partial charge in [-0.1, -0.05) is 15.9 Å². The number of fused-ring (bicyclic) bond motifs is 1. The third-order valence-corrected chi connectivity index (χ3v) is 4.00. The van der Waals surface area contributed by atoms with Crippen LogP contribution in [0.15, 0.2) is 38.1 Å². The largest absolute Gasteiger partial charge is 0.420 e. The molecule has 2 heterocycles. The molecule has 0 aliphatic carbocycles. The fourth-order valence-electron chi connectivity index (χ4n) is 1.82. The Bertz CT molecular complexity index is 772. The highest BCUT2D eigenvalue weighted by atomic mass is 79.9. The highest BCUT2D eigenvalue weighted by Gasteiger charge is 2.10. The Labute approximate surface area is 115 Å². The van der Waals surface area contributed by atoms with E-state index in [1.165, 1.54) is 0 Å². The van der Waals surface area contributed by atoms with Gasteiger partial charge in [-0.2, -0.15) is 0 Å². The van der Waals surface area contributed by atoms with Gasteiger partial charge in [-0.05, 0) is 25.1 Å². The molecule has 0 radical (unpaired) electrons. The van der Waals surface area contributed by atoms with Gasteiger partial charge in [0.1, 0.15) is 0 Å². The first-order valence-electron chi connectivity index (χ1n) is 5.34. The molecule has 0 aliphatic rings. The van der Waals surface area contributed by atoms with Crippen LogP contribution in [0.5, 0.6) is 0 Å². The van der Waals surface area contributed by atoms with E-state index >= 15 is 0 Å². The second kappa shape index (κ2) is 4.37. The van der Waals surface area contributed by atoms with Crippen molar-refractivity contribution in [1.82, 2.24) is 9.55 Å². The van der Waals surface area contributed by atoms with E-state index in [1.807, 2.05) is 19.1 Å². The highest BCUT2D eigenvalue weighted by molar-refractivity contribution is 9.10. The van der Waals surface area contributed by atoms with Gasteiger partial charge in [-0.25, -0.2) is 9.78 Å². The maximum atomic E-state index is 11.8. The highest BCUT2D eigenvalue weighted by Crippen LogP contribution is 2.20. The number of hydrogen-bond donors (Lipinski definition) is 0. The predicted octanol–water partition coefficient (Wildman–Crippen LogP) is 3.17. The number of aryl methyl sites for hydroxylation is 1. The zero-order chi connectivity index (χ0) is 12.7. The van der Waals surface area contributed by atoms with Crippen LogP contribution in [0.3, 0.4) is 0 Å². The van der Waals surface area contributed by atoms with Crippen molar-refractivity contribution in [2.75, 3.05) is 0 Å². The van der Waals surface area contributed by atoms with Crippen LogP contribution >= 0.6 is 27.3 Å². The van der Waals surface area contributed by atoms with Crippen molar-refractivity contribution < 1.29 is 4.42 Å². The van der Waals surface area contributed by atoms with Crippen molar-refractivity contribution in [3.63, 3.8) is 0 Å². The SMILES string of the molecule is Cc1ncc(Cn2c(=O)oc3cc(Br)ccc32)s1. The normalized spacial score (nSPS) is 11.2. The molecule has 0 atom stereocenters. The van der Waals surface area contributed by atoms with Gasteiger partial charge >= 0.3 is 5.76 Å². The van der Waals surface area contributed by atoms with Crippen LogP contribution in [-0.2, 0) is 6.54 Å². The summed E-state index contributed by atoms with van der Waals surface area (Å²) >= 11 is 4.94. The third kappa shape index (κ3) is 2.02. The number of benzene rings is 1. The lowest BCUT2D eigenvalue weighted by atomic mass is 10.3. The zero-order valence-corrected chi connectivity index (χ0v) is 11.9. The molecule has 3 rings (SSSR count).